The second-order valence-corrected chi connectivity index (χ2v) is 8.14. The van der Waals surface area contributed by atoms with Gasteiger partial charge in [-0.15, -0.1) is 0 Å². The number of phosphoric ester groups is 1. The Morgan fingerprint density at radius 1 is 0.824 bits per heavy atom. The smallest absolute Gasteiger partial charge is 0.302 e. The fraction of sp³-hybridized carbons (Fsp3) is 1.00. The Morgan fingerprint density at radius 3 is 1.53 bits per heavy atom. The first-order chi connectivity index (χ1) is 7.12. The van der Waals surface area contributed by atoms with Crippen molar-refractivity contribution in [3.8, 4) is 0 Å². The van der Waals surface area contributed by atoms with Crippen molar-refractivity contribution in [2.75, 3.05) is 0 Å². The van der Waals surface area contributed by atoms with Crippen LogP contribution in [-0.2, 0) is 26.8 Å². The molecule has 0 heterocycles. The molecule has 0 aromatic heterocycles. The zero-order chi connectivity index (χ0) is 14.1. The van der Waals surface area contributed by atoms with Gasteiger partial charge in [0, 0.05) is 0 Å². The van der Waals surface area contributed by atoms with E-state index in [1.807, 2.05) is 0 Å². The molecule has 0 spiro atoms. The highest BCUT2D eigenvalue weighted by molar-refractivity contribution is 7.66. The van der Waals surface area contributed by atoms with Gasteiger partial charge in [-0.25, -0.2) is 13.7 Å². The molecular weight excluding hydrogens is 301 g/mol. The van der Waals surface area contributed by atoms with E-state index in [1.165, 1.54) is 20.8 Å². The van der Waals surface area contributed by atoms with Gasteiger partial charge in [0.25, 0.3) is 0 Å². The van der Waals surface area contributed by atoms with Crippen LogP contribution in [-0.4, -0.2) is 25.2 Å². The molecule has 104 valence electrons. The molecule has 0 aliphatic rings. The molecule has 0 aromatic carbocycles. The molecule has 4 N–H and O–H groups in total. The predicted octanol–water partition coefficient (Wildman–Crippen LogP) is 1.13. The zero-order valence-corrected chi connectivity index (χ0v) is 11.8. The summed E-state index contributed by atoms with van der Waals surface area (Å²) in [6, 6.07) is 0. The quantitative estimate of drug-likeness (QED) is 0.541. The Kier molecular flexibility index (Phi) is 5.31. The van der Waals surface area contributed by atoms with Gasteiger partial charge in [-0.05, 0) is 20.8 Å². The standard InChI is InChI=1S/C4H13O10P3/c1-4(2,3)12-16(8,9)14-17(10,11)13-15(5,6)7/h1-3H3,(H,8,9)(H,10,11)(H2,5,6,7). The summed E-state index contributed by atoms with van der Waals surface area (Å²) in [5.74, 6) is 0. The molecule has 0 radical (unpaired) electrons. The maximum Gasteiger partial charge on any atom is 0.490 e. The Morgan fingerprint density at radius 2 is 1.24 bits per heavy atom. The monoisotopic (exact) mass is 314 g/mol. The second kappa shape index (κ2) is 5.19. The summed E-state index contributed by atoms with van der Waals surface area (Å²) in [5.41, 5.74) is -1.19. The summed E-state index contributed by atoms with van der Waals surface area (Å²) in [7, 11) is -15.8. The fourth-order valence-electron chi connectivity index (χ4n) is 0.642. The summed E-state index contributed by atoms with van der Waals surface area (Å²) in [4.78, 5) is 34.3. The van der Waals surface area contributed by atoms with Crippen LogP contribution in [0.4, 0.5) is 0 Å². The third kappa shape index (κ3) is 10.1. The van der Waals surface area contributed by atoms with Crippen LogP contribution in [0.25, 0.3) is 0 Å². The van der Waals surface area contributed by atoms with Gasteiger partial charge in [0.1, 0.15) is 0 Å². The van der Waals surface area contributed by atoms with Crippen molar-refractivity contribution in [3.05, 3.63) is 0 Å². The fourth-order valence-corrected chi connectivity index (χ4v) is 3.97. The number of phosphoric acid groups is 3. The Balaban J connectivity index is 4.78. The molecule has 2 atom stereocenters. The van der Waals surface area contributed by atoms with E-state index in [-0.39, 0.29) is 0 Å². The van der Waals surface area contributed by atoms with E-state index in [4.69, 9.17) is 19.6 Å². The van der Waals surface area contributed by atoms with E-state index in [2.05, 4.69) is 13.1 Å². The zero-order valence-electron chi connectivity index (χ0n) is 9.08. The summed E-state index contributed by atoms with van der Waals surface area (Å²) in [6.45, 7) is 4.06. The van der Waals surface area contributed by atoms with Crippen molar-refractivity contribution in [3.63, 3.8) is 0 Å². The molecule has 2 unspecified atom stereocenters. The van der Waals surface area contributed by atoms with Crippen molar-refractivity contribution in [2.45, 2.75) is 26.4 Å². The molecule has 0 saturated carbocycles. The van der Waals surface area contributed by atoms with Gasteiger partial charge in [0.2, 0.25) is 0 Å². The average Bonchev–Trinajstić information content (AvgIpc) is 1.65. The van der Waals surface area contributed by atoms with Gasteiger partial charge in [0.15, 0.2) is 0 Å². The molecule has 0 fully saturated rings. The minimum Gasteiger partial charge on any atom is -0.302 e. The van der Waals surface area contributed by atoms with Crippen LogP contribution in [0.3, 0.4) is 0 Å². The van der Waals surface area contributed by atoms with Gasteiger partial charge in [-0.2, -0.15) is 8.62 Å². The van der Waals surface area contributed by atoms with Crippen LogP contribution in [0.15, 0.2) is 0 Å². The van der Waals surface area contributed by atoms with E-state index in [0.717, 1.165) is 0 Å². The largest absolute Gasteiger partial charge is 0.490 e. The molecule has 13 heteroatoms. The molecule has 10 nitrogen and oxygen atoms in total. The maximum atomic E-state index is 11.2. The number of hydrogen-bond acceptors (Lipinski definition) is 6. The summed E-state index contributed by atoms with van der Waals surface area (Å²) in [6.07, 6.45) is 0. The highest BCUT2D eigenvalue weighted by atomic mass is 31.3. The minimum absolute atomic E-state index is 1.19. The third-order valence-electron chi connectivity index (χ3n) is 0.805. The van der Waals surface area contributed by atoms with E-state index in [0.29, 0.717) is 0 Å². The van der Waals surface area contributed by atoms with Crippen LogP contribution in [0, 0.1) is 0 Å². The highest BCUT2D eigenvalue weighted by Gasteiger charge is 2.42. The van der Waals surface area contributed by atoms with Crippen LogP contribution in [0.1, 0.15) is 20.8 Å². The molecule has 0 rings (SSSR count). The lowest BCUT2D eigenvalue weighted by Crippen LogP contribution is -2.17. The lowest BCUT2D eigenvalue weighted by atomic mass is 10.2. The number of hydrogen-bond donors (Lipinski definition) is 4. The Labute approximate surface area is 97.0 Å². The number of rotatable bonds is 5. The van der Waals surface area contributed by atoms with Gasteiger partial charge in [-0.1, -0.05) is 0 Å². The Bertz CT molecular complexity index is 402. The molecule has 17 heavy (non-hydrogen) atoms. The van der Waals surface area contributed by atoms with E-state index < -0.39 is 29.1 Å². The van der Waals surface area contributed by atoms with Crippen LogP contribution >= 0.6 is 23.5 Å². The van der Waals surface area contributed by atoms with E-state index >= 15 is 0 Å². The van der Waals surface area contributed by atoms with Crippen LogP contribution < -0.4 is 0 Å². The van der Waals surface area contributed by atoms with Crippen molar-refractivity contribution in [1.82, 2.24) is 0 Å². The van der Waals surface area contributed by atoms with Crippen molar-refractivity contribution >= 4 is 23.5 Å². The van der Waals surface area contributed by atoms with Gasteiger partial charge in [0.05, 0.1) is 5.60 Å². The summed E-state index contributed by atoms with van der Waals surface area (Å²) in [5, 5.41) is 0. The average molecular weight is 314 g/mol. The topological polar surface area (TPSA) is 160 Å². The lowest BCUT2D eigenvalue weighted by molar-refractivity contribution is 0.0787. The van der Waals surface area contributed by atoms with E-state index in [1.54, 1.807) is 0 Å². The van der Waals surface area contributed by atoms with Gasteiger partial charge in [-0.3, -0.25) is 4.52 Å². The molecule has 0 aliphatic heterocycles. The predicted molar refractivity (Wildman–Crippen MR) is 54.7 cm³/mol. The van der Waals surface area contributed by atoms with Crippen LogP contribution in [0.2, 0.25) is 0 Å². The van der Waals surface area contributed by atoms with E-state index in [9.17, 15) is 13.7 Å². The summed E-state index contributed by atoms with van der Waals surface area (Å²) < 4.78 is 43.8. The first-order valence-corrected chi connectivity index (χ1v) is 8.49. The van der Waals surface area contributed by atoms with Crippen molar-refractivity contribution in [1.29, 1.82) is 0 Å². The normalized spacial score (nSPS) is 20.6. The molecule has 0 aliphatic carbocycles. The first-order valence-electron chi connectivity index (χ1n) is 3.96. The maximum absolute atomic E-state index is 11.2. The highest BCUT2D eigenvalue weighted by Crippen LogP contribution is 2.67. The molecule has 0 amide bonds. The minimum atomic E-state index is -5.42. The third-order valence-corrected chi connectivity index (χ3v) is 4.91. The second-order valence-electron chi connectivity index (χ2n) is 3.79. The molecule has 0 bridgehead atoms. The van der Waals surface area contributed by atoms with Gasteiger partial charge >= 0.3 is 23.5 Å². The molecule has 0 saturated heterocycles. The van der Waals surface area contributed by atoms with Crippen molar-refractivity contribution in [2.24, 2.45) is 0 Å². The Hall–Kier alpha value is 0.410. The molecule has 0 aromatic rings. The molecular formula is C4H13O10P3. The van der Waals surface area contributed by atoms with Crippen LogP contribution in [0.5, 0.6) is 0 Å². The van der Waals surface area contributed by atoms with Crippen molar-refractivity contribution < 1.29 is 46.4 Å². The lowest BCUT2D eigenvalue weighted by Gasteiger charge is -2.23. The SMILES string of the molecule is CC(C)(C)OP(=O)(O)OP(=O)(O)OP(=O)(O)O. The summed E-state index contributed by atoms with van der Waals surface area (Å²) >= 11 is 0. The van der Waals surface area contributed by atoms with Gasteiger partial charge < -0.3 is 19.6 Å². The first kappa shape index (κ1) is 17.4.